The van der Waals surface area contributed by atoms with Crippen molar-refractivity contribution in [3.05, 3.63) is 30.1 Å². The first kappa shape index (κ1) is 9.52. The second kappa shape index (κ2) is 4.46. The Morgan fingerprint density at radius 1 is 1.64 bits per heavy atom. The number of hydrogen-bond acceptors (Lipinski definition) is 4. The number of aliphatic imine (C=N–C) groups is 1. The molecule has 0 amide bonds. The lowest BCUT2D eigenvalue weighted by atomic mass is 10.2. The molecule has 0 radical (unpaired) electrons. The SMILES string of the molecule is CCSC1=NCC(c2cccnc2)O1. The Morgan fingerprint density at radius 3 is 3.29 bits per heavy atom. The van der Waals surface area contributed by atoms with Crippen LogP contribution in [0.15, 0.2) is 29.5 Å². The van der Waals surface area contributed by atoms with Gasteiger partial charge in [0, 0.05) is 18.0 Å². The smallest absolute Gasteiger partial charge is 0.246 e. The first-order valence-corrected chi connectivity index (χ1v) is 5.62. The van der Waals surface area contributed by atoms with E-state index < -0.39 is 0 Å². The third kappa shape index (κ3) is 2.07. The lowest BCUT2D eigenvalue weighted by Gasteiger charge is -2.09. The summed E-state index contributed by atoms with van der Waals surface area (Å²) in [6.07, 6.45) is 3.67. The number of pyridine rings is 1. The van der Waals surface area contributed by atoms with Gasteiger partial charge in [-0.25, -0.2) is 4.99 Å². The van der Waals surface area contributed by atoms with Crippen molar-refractivity contribution in [1.82, 2.24) is 4.98 Å². The predicted molar refractivity (Wildman–Crippen MR) is 58.5 cm³/mol. The van der Waals surface area contributed by atoms with Crippen LogP contribution >= 0.6 is 11.8 Å². The fourth-order valence-electron chi connectivity index (χ4n) is 1.30. The molecule has 1 atom stereocenters. The van der Waals surface area contributed by atoms with Gasteiger partial charge < -0.3 is 4.74 Å². The van der Waals surface area contributed by atoms with Crippen molar-refractivity contribution in [3.63, 3.8) is 0 Å². The van der Waals surface area contributed by atoms with E-state index in [1.165, 1.54) is 0 Å². The van der Waals surface area contributed by atoms with Crippen LogP contribution in [0.4, 0.5) is 0 Å². The average Bonchev–Trinajstić information content (AvgIpc) is 2.68. The van der Waals surface area contributed by atoms with E-state index in [2.05, 4.69) is 16.9 Å². The molecule has 74 valence electrons. The lowest BCUT2D eigenvalue weighted by molar-refractivity contribution is 0.236. The average molecular weight is 208 g/mol. The van der Waals surface area contributed by atoms with Gasteiger partial charge in [-0.1, -0.05) is 24.8 Å². The van der Waals surface area contributed by atoms with E-state index >= 15 is 0 Å². The second-order valence-electron chi connectivity index (χ2n) is 2.93. The van der Waals surface area contributed by atoms with Crippen LogP contribution in [0.2, 0.25) is 0 Å². The van der Waals surface area contributed by atoms with E-state index in [4.69, 9.17) is 4.74 Å². The van der Waals surface area contributed by atoms with Gasteiger partial charge in [-0.15, -0.1) is 0 Å². The van der Waals surface area contributed by atoms with Crippen molar-refractivity contribution in [2.75, 3.05) is 12.3 Å². The largest absolute Gasteiger partial charge is 0.463 e. The number of ether oxygens (including phenoxy) is 1. The Morgan fingerprint density at radius 2 is 2.57 bits per heavy atom. The summed E-state index contributed by atoms with van der Waals surface area (Å²) in [5.41, 5.74) is 1.10. The lowest BCUT2D eigenvalue weighted by Crippen LogP contribution is -2.03. The summed E-state index contributed by atoms with van der Waals surface area (Å²) < 4.78 is 5.66. The molecule has 0 saturated carbocycles. The maximum absolute atomic E-state index is 5.66. The summed E-state index contributed by atoms with van der Waals surface area (Å²) in [7, 11) is 0. The molecule has 3 nitrogen and oxygen atoms in total. The highest BCUT2D eigenvalue weighted by Crippen LogP contribution is 2.25. The van der Waals surface area contributed by atoms with Crippen molar-refractivity contribution < 1.29 is 4.74 Å². The molecule has 0 aliphatic carbocycles. The van der Waals surface area contributed by atoms with Crippen molar-refractivity contribution in [3.8, 4) is 0 Å². The van der Waals surface area contributed by atoms with E-state index in [1.807, 2.05) is 18.3 Å². The molecule has 1 aromatic rings. The van der Waals surface area contributed by atoms with E-state index in [-0.39, 0.29) is 6.10 Å². The van der Waals surface area contributed by atoms with Gasteiger partial charge in [-0.2, -0.15) is 0 Å². The molecule has 4 heteroatoms. The summed E-state index contributed by atoms with van der Waals surface area (Å²) >= 11 is 1.64. The van der Waals surface area contributed by atoms with Gasteiger partial charge in [-0.3, -0.25) is 4.98 Å². The normalized spacial score (nSPS) is 20.4. The van der Waals surface area contributed by atoms with Gasteiger partial charge in [0.1, 0.15) is 6.10 Å². The van der Waals surface area contributed by atoms with E-state index in [9.17, 15) is 0 Å². The quantitative estimate of drug-likeness (QED) is 0.747. The zero-order valence-corrected chi connectivity index (χ0v) is 8.83. The highest BCUT2D eigenvalue weighted by atomic mass is 32.2. The maximum atomic E-state index is 5.66. The maximum Gasteiger partial charge on any atom is 0.246 e. The fraction of sp³-hybridized carbons (Fsp3) is 0.400. The Labute approximate surface area is 87.6 Å². The minimum absolute atomic E-state index is 0.0674. The second-order valence-corrected chi connectivity index (χ2v) is 4.15. The summed E-state index contributed by atoms with van der Waals surface area (Å²) in [6, 6.07) is 3.94. The molecular formula is C10H12N2OS. The Bertz CT molecular complexity index is 326. The molecule has 1 aliphatic rings. The van der Waals surface area contributed by atoms with E-state index in [0.29, 0.717) is 6.54 Å². The standard InChI is InChI=1S/C10H12N2OS/c1-2-14-10-12-7-9(13-10)8-4-3-5-11-6-8/h3-6,9H,2,7H2,1H3. The van der Waals surface area contributed by atoms with Crippen LogP contribution in [0.25, 0.3) is 0 Å². The van der Waals surface area contributed by atoms with E-state index in [1.54, 1.807) is 18.0 Å². The number of thioether (sulfide) groups is 1. The van der Waals surface area contributed by atoms with Crippen LogP contribution in [0.3, 0.4) is 0 Å². The monoisotopic (exact) mass is 208 g/mol. The van der Waals surface area contributed by atoms with E-state index in [0.717, 1.165) is 16.5 Å². The summed E-state index contributed by atoms with van der Waals surface area (Å²) in [5, 5.41) is 0.807. The summed E-state index contributed by atoms with van der Waals surface area (Å²) in [5.74, 6) is 0.999. The number of aromatic nitrogens is 1. The Balaban J connectivity index is 1.99. The molecular weight excluding hydrogens is 196 g/mol. The number of rotatable bonds is 2. The van der Waals surface area contributed by atoms with Crippen molar-refractivity contribution in [2.45, 2.75) is 13.0 Å². The van der Waals surface area contributed by atoms with Crippen LogP contribution in [0.5, 0.6) is 0 Å². The van der Waals surface area contributed by atoms with Gasteiger partial charge in [0.25, 0.3) is 0 Å². The van der Waals surface area contributed by atoms with Crippen LogP contribution in [-0.2, 0) is 4.74 Å². The Hall–Kier alpha value is -1.03. The van der Waals surface area contributed by atoms with Gasteiger partial charge in [0.2, 0.25) is 5.23 Å². The molecule has 0 saturated heterocycles. The summed E-state index contributed by atoms with van der Waals surface area (Å²) in [4.78, 5) is 8.38. The molecule has 0 bridgehead atoms. The van der Waals surface area contributed by atoms with Crippen LogP contribution in [0.1, 0.15) is 18.6 Å². The molecule has 2 heterocycles. The molecule has 2 rings (SSSR count). The molecule has 0 aromatic carbocycles. The predicted octanol–water partition coefficient (Wildman–Crippen LogP) is 2.26. The highest BCUT2D eigenvalue weighted by Gasteiger charge is 2.21. The van der Waals surface area contributed by atoms with Crippen molar-refractivity contribution in [1.29, 1.82) is 0 Å². The minimum atomic E-state index is 0.0674. The highest BCUT2D eigenvalue weighted by molar-refractivity contribution is 8.13. The molecule has 1 aliphatic heterocycles. The zero-order chi connectivity index (χ0) is 9.80. The number of hydrogen-bond donors (Lipinski definition) is 0. The topological polar surface area (TPSA) is 34.5 Å². The first-order valence-electron chi connectivity index (χ1n) is 4.64. The molecule has 0 spiro atoms. The first-order chi connectivity index (χ1) is 6.90. The van der Waals surface area contributed by atoms with Crippen molar-refractivity contribution >= 4 is 17.0 Å². The van der Waals surface area contributed by atoms with Crippen LogP contribution < -0.4 is 0 Å². The van der Waals surface area contributed by atoms with Crippen LogP contribution in [0, 0.1) is 0 Å². The van der Waals surface area contributed by atoms with Gasteiger partial charge in [0.05, 0.1) is 6.54 Å². The molecule has 14 heavy (non-hydrogen) atoms. The third-order valence-electron chi connectivity index (χ3n) is 1.95. The number of nitrogens with zero attached hydrogens (tertiary/aromatic N) is 2. The van der Waals surface area contributed by atoms with Gasteiger partial charge >= 0.3 is 0 Å². The fourth-order valence-corrected chi connectivity index (χ4v) is 1.89. The Kier molecular flexibility index (Phi) is 3.03. The zero-order valence-electron chi connectivity index (χ0n) is 8.01. The molecule has 1 aromatic heterocycles. The van der Waals surface area contributed by atoms with Gasteiger partial charge in [-0.05, 0) is 11.8 Å². The summed E-state index contributed by atoms with van der Waals surface area (Å²) in [6.45, 7) is 2.81. The van der Waals surface area contributed by atoms with Crippen molar-refractivity contribution in [2.24, 2.45) is 4.99 Å². The minimum Gasteiger partial charge on any atom is -0.463 e. The third-order valence-corrected chi connectivity index (χ3v) is 2.71. The molecule has 0 fully saturated rings. The van der Waals surface area contributed by atoms with Gasteiger partial charge in [0.15, 0.2) is 0 Å². The molecule has 1 unspecified atom stereocenters. The van der Waals surface area contributed by atoms with Crippen LogP contribution in [-0.4, -0.2) is 22.5 Å². The molecule has 0 N–H and O–H groups in total.